The lowest BCUT2D eigenvalue weighted by molar-refractivity contribution is -0.121. The molecule has 1 rings (SSSR count). The first-order chi connectivity index (χ1) is 8.28. The standard InChI is InChI=1S/C12H23N3O3/c1-9(2)6-13-11(17)14-10(16)7-15-5-4-12(3,18)8-15/h9,18H,4-8H2,1-3H3,(H2,13,14,16,17). The Bertz CT molecular complexity index is 316. The average molecular weight is 257 g/mol. The Kier molecular flexibility index (Phi) is 5.10. The summed E-state index contributed by atoms with van der Waals surface area (Å²) in [5, 5.41) is 14.6. The molecule has 1 heterocycles. The molecule has 1 saturated heterocycles. The minimum Gasteiger partial charge on any atom is -0.389 e. The summed E-state index contributed by atoms with van der Waals surface area (Å²) in [7, 11) is 0. The normalized spacial score (nSPS) is 24.3. The number of carbonyl (C=O) groups is 2. The fourth-order valence-electron chi connectivity index (χ4n) is 1.88. The van der Waals surface area contributed by atoms with Crippen LogP contribution in [0.5, 0.6) is 0 Å². The number of rotatable bonds is 4. The molecule has 0 aliphatic carbocycles. The minimum absolute atomic E-state index is 0.144. The van der Waals surface area contributed by atoms with Crippen LogP contribution >= 0.6 is 0 Å². The Morgan fingerprint density at radius 1 is 1.44 bits per heavy atom. The summed E-state index contributed by atoms with van der Waals surface area (Å²) in [4.78, 5) is 24.8. The average Bonchev–Trinajstić information content (AvgIpc) is 2.54. The summed E-state index contributed by atoms with van der Waals surface area (Å²) >= 11 is 0. The van der Waals surface area contributed by atoms with Crippen molar-refractivity contribution in [1.82, 2.24) is 15.5 Å². The molecule has 0 aromatic heterocycles. The highest BCUT2D eigenvalue weighted by atomic mass is 16.3. The zero-order chi connectivity index (χ0) is 13.8. The number of hydrogen-bond donors (Lipinski definition) is 3. The molecule has 0 aromatic rings. The Morgan fingerprint density at radius 2 is 2.11 bits per heavy atom. The van der Waals surface area contributed by atoms with E-state index in [0.29, 0.717) is 32.0 Å². The number of β-amino-alcohol motifs (C(OH)–C–C–N with tert-alkyl or cyclic N) is 1. The number of likely N-dealkylation sites (tertiary alicyclic amines) is 1. The highest BCUT2D eigenvalue weighted by molar-refractivity contribution is 5.95. The molecule has 1 aliphatic rings. The fraction of sp³-hybridized carbons (Fsp3) is 0.833. The number of aliphatic hydroxyl groups is 1. The number of nitrogens with zero attached hydrogens (tertiary/aromatic N) is 1. The van der Waals surface area contributed by atoms with Crippen LogP contribution in [0.25, 0.3) is 0 Å². The molecular weight excluding hydrogens is 234 g/mol. The summed E-state index contributed by atoms with van der Waals surface area (Å²) < 4.78 is 0. The van der Waals surface area contributed by atoms with Gasteiger partial charge in [-0.25, -0.2) is 4.79 Å². The van der Waals surface area contributed by atoms with Gasteiger partial charge in [0.2, 0.25) is 5.91 Å². The summed E-state index contributed by atoms with van der Waals surface area (Å²) in [6.45, 7) is 7.54. The van der Waals surface area contributed by atoms with E-state index < -0.39 is 11.6 Å². The van der Waals surface area contributed by atoms with E-state index in [1.54, 1.807) is 6.92 Å². The molecule has 3 N–H and O–H groups in total. The van der Waals surface area contributed by atoms with Crippen LogP contribution in [0, 0.1) is 5.92 Å². The number of imide groups is 1. The molecule has 1 atom stereocenters. The first kappa shape index (κ1) is 14.9. The van der Waals surface area contributed by atoms with Crippen molar-refractivity contribution in [3.8, 4) is 0 Å². The van der Waals surface area contributed by atoms with E-state index in [9.17, 15) is 14.7 Å². The van der Waals surface area contributed by atoms with Gasteiger partial charge in [0, 0.05) is 19.6 Å². The van der Waals surface area contributed by atoms with Gasteiger partial charge in [0.1, 0.15) is 0 Å². The van der Waals surface area contributed by atoms with Gasteiger partial charge in [-0.2, -0.15) is 0 Å². The van der Waals surface area contributed by atoms with Crippen LogP contribution in [0.2, 0.25) is 0 Å². The summed E-state index contributed by atoms with van der Waals surface area (Å²) in [5.41, 5.74) is -0.722. The van der Waals surface area contributed by atoms with Gasteiger partial charge < -0.3 is 10.4 Å². The maximum absolute atomic E-state index is 11.6. The van der Waals surface area contributed by atoms with Crippen LogP contribution in [-0.4, -0.2) is 53.7 Å². The van der Waals surface area contributed by atoms with Crippen molar-refractivity contribution in [2.45, 2.75) is 32.8 Å². The predicted molar refractivity (Wildman–Crippen MR) is 68.1 cm³/mol. The maximum atomic E-state index is 11.6. The smallest absolute Gasteiger partial charge is 0.321 e. The lowest BCUT2D eigenvalue weighted by Gasteiger charge is -2.18. The van der Waals surface area contributed by atoms with Gasteiger partial charge in [0.25, 0.3) is 0 Å². The van der Waals surface area contributed by atoms with Crippen molar-refractivity contribution < 1.29 is 14.7 Å². The maximum Gasteiger partial charge on any atom is 0.321 e. The van der Waals surface area contributed by atoms with E-state index in [4.69, 9.17) is 0 Å². The molecule has 18 heavy (non-hydrogen) atoms. The van der Waals surface area contributed by atoms with E-state index >= 15 is 0 Å². The van der Waals surface area contributed by atoms with E-state index in [2.05, 4.69) is 10.6 Å². The van der Waals surface area contributed by atoms with Gasteiger partial charge in [0.05, 0.1) is 12.1 Å². The van der Waals surface area contributed by atoms with Crippen molar-refractivity contribution in [2.24, 2.45) is 5.92 Å². The molecule has 1 aliphatic heterocycles. The molecule has 104 valence electrons. The van der Waals surface area contributed by atoms with Gasteiger partial charge in [-0.15, -0.1) is 0 Å². The number of carbonyl (C=O) groups excluding carboxylic acids is 2. The SMILES string of the molecule is CC(C)CNC(=O)NC(=O)CN1CCC(C)(O)C1. The Labute approximate surface area is 108 Å². The van der Waals surface area contributed by atoms with E-state index in [1.807, 2.05) is 18.7 Å². The van der Waals surface area contributed by atoms with Gasteiger partial charge in [0.15, 0.2) is 0 Å². The lowest BCUT2D eigenvalue weighted by atomic mass is 10.1. The molecule has 0 radical (unpaired) electrons. The van der Waals surface area contributed by atoms with Gasteiger partial charge in [-0.05, 0) is 19.3 Å². The molecule has 6 heteroatoms. The van der Waals surface area contributed by atoms with Crippen molar-refractivity contribution in [3.05, 3.63) is 0 Å². The van der Waals surface area contributed by atoms with Crippen molar-refractivity contribution in [3.63, 3.8) is 0 Å². The number of hydrogen-bond acceptors (Lipinski definition) is 4. The Balaban J connectivity index is 2.23. The van der Waals surface area contributed by atoms with Crippen LogP contribution in [-0.2, 0) is 4.79 Å². The lowest BCUT2D eigenvalue weighted by Crippen LogP contribution is -2.45. The second-order valence-electron chi connectivity index (χ2n) is 5.61. The number of amides is 3. The van der Waals surface area contributed by atoms with Crippen molar-refractivity contribution in [1.29, 1.82) is 0 Å². The second kappa shape index (κ2) is 6.15. The topological polar surface area (TPSA) is 81.7 Å². The van der Waals surface area contributed by atoms with Crippen LogP contribution in [0.3, 0.4) is 0 Å². The van der Waals surface area contributed by atoms with Crippen LogP contribution in [0.15, 0.2) is 0 Å². The molecule has 1 fully saturated rings. The molecule has 3 amide bonds. The van der Waals surface area contributed by atoms with Gasteiger partial charge in [-0.1, -0.05) is 13.8 Å². The third kappa shape index (κ3) is 5.46. The van der Waals surface area contributed by atoms with E-state index in [1.165, 1.54) is 0 Å². The zero-order valence-electron chi connectivity index (χ0n) is 11.3. The minimum atomic E-state index is -0.722. The Hall–Kier alpha value is -1.14. The number of urea groups is 1. The van der Waals surface area contributed by atoms with Crippen LogP contribution in [0.4, 0.5) is 4.79 Å². The first-order valence-corrected chi connectivity index (χ1v) is 6.31. The second-order valence-corrected chi connectivity index (χ2v) is 5.61. The number of nitrogens with one attached hydrogen (secondary N) is 2. The molecule has 0 spiro atoms. The van der Waals surface area contributed by atoms with Gasteiger partial charge in [-0.3, -0.25) is 15.0 Å². The molecule has 0 aromatic carbocycles. The highest BCUT2D eigenvalue weighted by Gasteiger charge is 2.32. The molecule has 6 nitrogen and oxygen atoms in total. The van der Waals surface area contributed by atoms with E-state index in [-0.39, 0.29) is 12.5 Å². The van der Waals surface area contributed by atoms with Crippen LogP contribution < -0.4 is 10.6 Å². The Morgan fingerprint density at radius 3 is 2.61 bits per heavy atom. The summed E-state index contributed by atoms with van der Waals surface area (Å²) in [5.74, 6) is 0.00786. The third-order valence-electron chi connectivity index (χ3n) is 2.82. The molecular formula is C12H23N3O3. The highest BCUT2D eigenvalue weighted by Crippen LogP contribution is 2.19. The summed E-state index contributed by atoms with van der Waals surface area (Å²) in [6, 6.07) is -0.459. The van der Waals surface area contributed by atoms with Crippen molar-refractivity contribution in [2.75, 3.05) is 26.2 Å². The summed E-state index contributed by atoms with van der Waals surface area (Å²) in [6.07, 6.45) is 0.653. The molecule has 0 bridgehead atoms. The predicted octanol–water partition coefficient (Wildman–Crippen LogP) is -0.0751. The first-order valence-electron chi connectivity index (χ1n) is 6.31. The quantitative estimate of drug-likeness (QED) is 0.658. The van der Waals surface area contributed by atoms with Crippen LogP contribution in [0.1, 0.15) is 27.2 Å². The zero-order valence-corrected chi connectivity index (χ0v) is 11.3. The van der Waals surface area contributed by atoms with Crippen molar-refractivity contribution >= 4 is 11.9 Å². The molecule has 1 unspecified atom stereocenters. The fourth-order valence-corrected chi connectivity index (χ4v) is 1.88. The largest absolute Gasteiger partial charge is 0.389 e. The van der Waals surface area contributed by atoms with E-state index in [0.717, 1.165) is 0 Å². The van der Waals surface area contributed by atoms with Gasteiger partial charge >= 0.3 is 6.03 Å². The monoisotopic (exact) mass is 257 g/mol. The third-order valence-corrected chi connectivity index (χ3v) is 2.82. The molecule has 0 saturated carbocycles.